The molecule has 0 aliphatic carbocycles. The largest absolute Gasteiger partial charge is 0.461 e. The molecule has 0 spiro atoms. The highest BCUT2D eigenvalue weighted by molar-refractivity contribution is 7.92. The van der Waals surface area contributed by atoms with Gasteiger partial charge in [0.05, 0.1) is 11.9 Å². The summed E-state index contributed by atoms with van der Waals surface area (Å²) in [7, 11) is -3.49. The number of hydrogen-bond donors (Lipinski definition) is 1. The fraction of sp³-hybridized carbons (Fsp3) is 0.385. The molecule has 0 radical (unpaired) electrons. The molecule has 0 bridgehead atoms. The molecule has 0 atom stereocenters. The van der Waals surface area contributed by atoms with E-state index in [9.17, 15) is 18.0 Å². The third-order valence-electron chi connectivity index (χ3n) is 2.48. The molecule has 0 heterocycles. The number of hydrogen-bond acceptors (Lipinski definition) is 5. The van der Waals surface area contributed by atoms with Crippen molar-refractivity contribution in [2.75, 3.05) is 11.0 Å². The van der Waals surface area contributed by atoms with E-state index in [1.807, 2.05) is 0 Å². The van der Waals surface area contributed by atoms with Crippen molar-refractivity contribution in [2.24, 2.45) is 0 Å². The van der Waals surface area contributed by atoms with Crippen molar-refractivity contribution < 1.29 is 22.7 Å². The third kappa shape index (κ3) is 5.00. The minimum absolute atomic E-state index is 0.0617. The maximum absolute atomic E-state index is 11.6. The Balaban J connectivity index is 3.15. The van der Waals surface area contributed by atoms with Gasteiger partial charge in [0.2, 0.25) is 10.0 Å². The lowest BCUT2D eigenvalue weighted by Gasteiger charge is -2.12. The number of carbonyl (C=O) groups is 2. The smallest absolute Gasteiger partial charge is 0.302 e. The van der Waals surface area contributed by atoms with Crippen LogP contribution in [0.2, 0.25) is 0 Å². The van der Waals surface area contributed by atoms with Crippen LogP contribution in [0.1, 0.15) is 36.2 Å². The zero-order chi connectivity index (χ0) is 15.3. The van der Waals surface area contributed by atoms with E-state index >= 15 is 0 Å². The molecule has 0 fully saturated rings. The van der Waals surface area contributed by atoms with Crippen molar-refractivity contribution in [3.63, 3.8) is 0 Å². The first kappa shape index (κ1) is 16.2. The van der Waals surface area contributed by atoms with Crippen LogP contribution in [0.15, 0.2) is 18.2 Å². The lowest BCUT2D eigenvalue weighted by molar-refractivity contribution is -0.142. The second kappa shape index (κ2) is 6.51. The van der Waals surface area contributed by atoms with E-state index in [1.54, 1.807) is 19.1 Å². The highest BCUT2D eigenvalue weighted by atomic mass is 32.2. The van der Waals surface area contributed by atoms with Crippen LogP contribution >= 0.6 is 0 Å². The fourth-order valence-corrected chi connectivity index (χ4v) is 2.14. The summed E-state index contributed by atoms with van der Waals surface area (Å²) in [6.07, 6.45) is 1.33. The number of nitrogens with one attached hydrogen (secondary N) is 1. The Kier molecular flexibility index (Phi) is 5.26. The van der Waals surface area contributed by atoms with Gasteiger partial charge in [-0.3, -0.25) is 14.3 Å². The minimum atomic E-state index is -3.49. The molecule has 110 valence electrons. The van der Waals surface area contributed by atoms with Crippen LogP contribution in [0.3, 0.4) is 0 Å². The van der Waals surface area contributed by atoms with E-state index in [0.29, 0.717) is 17.5 Å². The van der Waals surface area contributed by atoms with Crippen LogP contribution in [-0.4, -0.2) is 26.4 Å². The molecular formula is C13H17NO5S. The first-order chi connectivity index (χ1) is 9.23. The second-order valence-corrected chi connectivity index (χ2v) is 6.05. The number of sulfonamides is 1. The number of carbonyl (C=O) groups excluding carboxylic acids is 2. The summed E-state index contributed by atoms with van der Waals surface area (Å²) >= 11 is 0. The van der Waals surface area contributed by atoms with Crippen molar-refractivity contribution in [1.82, 2.24) is 0 Å². The summed E-state index contributed by atoms with van der Waals surface area (Å²) in [6, 6.07) is 4.60. The summed E-state index contributed by atoms with van der Waals surface area (Å²) in [6.45, 7) is 2.92. The van der Waals surface area contributed by atoms with Crippen molar-refractivity contribution in [3.05, 3.63) is 29.3 Å². The van der Waals surface area contributed by atoms with Gasteiger partial charge in [0.25, 0.3) is 0 Å². The van der Waals surface area contributed by atoms with E-state index in [-0.39, 0.29) is 18.1 Å². The van der Waals surface area contributed by atoms with Crippen LogP contribution in [-0.2, 0) is 26.2 Å². The predicted molar refractivity (Wildman–Crippen MR) is 75.0 cm³/mol. The number of Topliss-reactive ketones (excluding diaryl/α,β-unsaturated/α-hetero) is 1. The van der Waals surface area contributed by atoms with Gasteiger partial charge < -0.3 is 4.74 Å². The van der Waals surface area contributed by atoms with Crippen molar-refractivity contribution >= 4 is 27.5 Å². The van der Waals surface area contributed by atoms with Crippen LogP contribution in [0.25, 0.3) is 0 Å². The number of anilines is 1. The van der Waals surface area contributed by atoms with E-state index in [2.05, 4.69) is 4.72 Å². The fourth-order valence-electron chi connectivity index (χ4n) is 1.55. The van der Waals surface area contributed by atoms with Gasteiger partial charge in [-0.05, 0) is 6.07 Å². The van der Waals surface area contributed by atoms with E-state index in [4.69, 9.17) is 4.74 Å². The first-order valence-electron chi connectivity index (χ1n) is 6.00. The van der Waals surface area contributed by atoms with E-state index in [0.717, 1.165) is 6.26 Å². The Labute approximate surface area is 118 Å². The number of rotatable bonds is 6. The van der Waals surface area contributed by atoms with Crippen molar-refractivity contribution in [3.8, 4) is 0 Å². The number of benzene rings is 1. The number of ketones is 1. The van der Waals surface area contributed by atoms with E-state index in [1.165, 1.54) is 13.0 Å². The second-order valence-electron chi connectivity index (χ2n) is 4.30. The predicted octanol–water partition coefficient (Wildman–Crippen LogP) is 1.71. The molecule has 6 nitrogen and oxygen atoms in total. The molecule has 7 heteroatoms. The van der Waals surface area contributed by atoms with Crippen LogP contribution in [0.5, 0.6) is 0 Å². The van der Waals surface area contributed by atoms with Gasteiger partial charge in [-0.2, -0.15) is 0 Å². The topological polar surface area (TPSA) is 89.5 Å². The molecule has 0 amide bonds. The lowest BCUT2D eigenvalue weighted by atomic mass is 10.1. The standard InChI is InChI=1S/C13H17NO5S/c1-4-13(16)10-5-6-11(8-19-9(2)15)12(7-10)14-20(3,17)18/h5-7,14H,4,8H2,1-3H3. The molecule has 1 N–H and O–H groups in total. The maximum atomic E-state index is 11.6. The Morgan fingerprint density at radius 1 is 1.30 bits per heavy atom. The molecule has 1 rings (SSSR count). The molecule has 1 aromatic carbocycles. The van der Waals surface area contributed by atoms with Gasteiger partial charge in [-0.25, -0.2) is 8.42 Å². The molecule has 0 aliphatic heterocycles. The monoisotopic (exact) mass is 299 g/mol. The Bertz CT molecular complexity index is 622. The van der Waals surface area contributed by atoms with Crippen LogP contribution < -0.4 is 4.72 Å². The molecule has 0 aliphatic rings. The lowest BCUT2D eigenvalue weighted by Crippen LogP contribution is -2.13. The average Bonchev–Trinajstić information content (AvgIpc) is 2.34. The highest BCUT2D eigenvalue weighted by Gasteiger charge is 2.12. The zero-order valence-electron chi connectivity index (χ0n) is 11.6. The summed E-state index contributed by atoms with van der Waals surface area (Å²) in [5, 5.41) is 0. The van der Waals surface area contributed by atoms with Crippen LogP contribution in [0.4, 0.5) is 5.69 Å². The summed E-state index contributed by atoms with van der Waals surface area (Å²) in [5.74, 6) is -0.565. The SMILES string of the molecule is CCC(=O)c1ccc(COC(C)=O)c(NS(C)(=O)=O)c1. The molecule has 0 unspecified atom stereocenters. The summed E-state index contributed by atoms with van der Waals surface area (Å²) in [4.78, 5) is 22.5. The van der Waals surface area contributed by atoms with Gasteiger partial charge in [-0.15, -0.1) is 0 Å². The van der Waals surface area contributed by atoms with Gasteiger partial charge in [-0.1, -0.05) is 19.1 Å². The Morgan fingerprint density at radius 2 is 1.95 bits per heavy atom. The molecular weight excluding hydrogens is 282 g/mol. The van der Waals surface area contributed by atoms with Crippen molar-refractivity contribution in [2.45, 2.75) is 26.9 Å². The normalized spacial score (nSPS) is 10.9. The minimum Gasteiger partial charge on any atom is -0.461 e. The number of esters is 1. The van der Waals surface area contributed by atoms with Gasteiger partial charge >= 0.3 is 5.97 Å². The summed E-state index contributed by atoms with van der Waals surface area (Å²) in [5.41, 5.74) is 1.14. The van der Waals surface area contributed by atoms with E-state index < -0.39 is 16.0 Å². The molecule has 0 aromatic heterocycles. The van der Waals surface area contributed by atoms with Gasteiger partial charge in [0, 0.05) is 24.5 Å². The maximum Gasteiger partial charge on any atom is 0.302 e. The molecule has 1 aromatic rings. The summed E-state index contributed by atoms with van der Waals surface area (Å²) < 4.78 is 29.8. The average molecular weight is 299 g/mol. The number of ether oxygens (including phenoxy) is 1. The zero-order valence-corrected chi connectivity index (χ0v) is 12.4. The quantitative estimate of drug-likeness (QED) is 0.638. The highest BCUT2D eigenvalue weighted by Crippen LogP contribution is 2.21. The van der Waals surface area contributed by atoms with Gasteiger partial charge in [0.15, 0.2) is 5.78 Å². The van der Waals surface area contributed by atoms with Crippen LogP contribution in [0, 0.1) is 0 Å². The van der Waals surface area contributed by atoms with Crippen molar-refractivity contribution in [1.29, 1.82) is 0 Å². The molecule has 0 saturated heterocycles. The molecule has 0 saturated carbocycles. The Morgan fingerprint density at radius 3 is 2.45 bits per heavy atom. The first-order valence-corrected chi connectivity index (χ1v) is 7.89. The van der Waals surface area contributed by atoms with Gasteiger partial charge in [0.1, 0.15) is 6.61 Å². The third-order valence-corrected chi connectivity index (χ3v) is 3.07. The Hall–Kier alpha value is -1.89. The molecule has 20 heavy (non-hydrogen) atoms.